The van der Waals surface area contributed by atoms with E-state index >= 15 is 0 Å². The van der Waals surface area contributed by atoms with E-state index in [9.17, 15) is 14.0 Å². The molecule has 1 saturated heterocycles. The van der Waals surface area contributed by atoms with Crippen LogP contribution in [0.2, 0.25) is 0 Å². The molecular formula is C16H23FN3O2+. The molecule has 4 N–H and O–H groups in total. The number of carbonyl (C=O) groups is 2. The van der Waals surface area contributed by atoms with Crippen molar-refractivity contribution >= 4 is 17.5 Å². The maximum Gasteiger partial charge on any atom is 0.282 e. The number of piperidine rings is 1. The third-order valence-electron chi connectivity index (χ3n) is 4.48. The lowest BCUT2D eigenvalue weighted by Crippen LogP contribution is -3.17. The van der Waals surface area contributed by atoms with Gasteiger partial charge in [-0.2, -0.15) is 0 Å². The molecule has 0 bridgehead atoms. The molecule has 2 amide bonds. The highest BCUT2D eigenvalue weighted by molar-refractivity contribution is 5.93. The lowest BCUT2D eigenvalue weighted by molar-refractivity contribution is -0.919. The molecule has 0 aromatic heterocycles. The maximum absolute atomic E-state index is 13.5. The third-order valence-corrected chi connectivity index (χ3v) is 4.48. The molecule has 1 heterocycles. The molecule has 1 aromatic carbocycles. The zero-order valence-electron chi connectivity index (χ0n) is 13.0. The normalized spacial score (nSPS) is 22.9. The number of rotatable bonds is 4. The number of anilines is 1. The Labute approximate surface area is 129 Å². The highest BCUT2D eigenvalue weighted by Crippen LogP contribution is 2.14. The van der Waals surface area contributed by atoms with Crippen molar-refractivity contribution in [1.82, 2.24) is 0 Å². The minimum atomic E-state index is -0.333. The second-order valence-electron chi connectivity index (χ2n) is 6.01. The molecule has 0 aliphatic carbocycles. The number of carbonyl (C=O) groups excluding carboxylic acids is 2. The van der Waals surface area contributed by atoms with Crippen LogP contribution in [0.5, 0.6) is 0 Å². The summed E-state index contributed by atoms with van der Waals surface area (Å²) < 4.78 is 13.5. The Bertz CT molecular complexity index is 569. The Morgan fingerprint density at radius 2 is 2.00 bits per heavy atom. The average molecular weight is 308 g/mol. The number of benzene rings is 1. The van der Waals surface area contributed by atoms with Crippen LogP contribution in [-0.2, 0) is 9.59 Å². The van der Waals surface area contributed by atoms with Crippen molar-refractivity contribution in [2.45, 2.75) is 32.7 Å². The predicted octanol–water partition coefficient (Wildman–Crippen LogP) is 0.241. The summed E-state index contributed by atoms with van der Waals surface area (Å²) in [6.45, 7) is 5.01. The van der Waals surface area contributed by atoms with Crippen molar-refractivity contribution in [3.05, 3.63) is 29.6 Å². The van der Waals surface area contributed by atoms with Crippen LogP contribution in [0.15, 0.2) is 18.2 Å². The molecule has 0 radical (unpaired) electrons. The fourth-order valence-corrected chi connectivity index (χ4v) is 2.81. The number of aryl methyl sites for hydroxylation is 1. The fourth-order valence-electron chi connectivity index (χ4n) is 2.81. The Kier molecular flexibility index (Phi) is 5.13. The van der Waals surface area contributed by atoms with Gasteiger partial charge in [-0.25, -0.2) is 4.39 Å². The van der Waals surface area contributed by atoms with Crippen LogP contribution >= 0.6 is 0 Å². The van der Waals surface area contributed by atoms with Gasteiger partial charge in [0.05, 0.1) is 13.1 Å². The van der Waals surface area contributed by atoms with E-state index in [1.807, 2.05) is 6.92 Å². The van der Waals surface area contributed by atoms with Gasteiger partial charge in [0.1, 0.15) is 5.82 Å². The molecule has 2 rings (SSSR count). The van der Waals surface area contributed by atoms with E-state index in [1.165, 1.54) is 6.07 Å². The number of likely N-dealkylation sites (tertiary alicyclic amines) is 1. The van der Waals surface area contributed by atoms with Gasteiger partial charge >= 0.3 is 0 Å². The quantitative estimate of drug-likeness (QED) is 0.745. The Hall–Kier alpha value is -1.95. The first-order valence-corrected chi connectivity index (χ1v) is 7.59. The molecule has 1 atom stereocenters. The maximum atomic E-state index is 13.5. The van der Waals surface area contributed by atoms with E-state index in [2.05, 4.69) is 5.32 Å². The van der Waals surface area contributed by atoms with Gasteiger partial charge in [0, 0.05) is 24.4 Å². The summed E-state index contributed by atoms with van der Waals surface area (Å²) >= 11 is 0. The number of amides is 2. The fraction of sp³-hybridized carbons (Fsp3) is 0.500. The van der Waals surface area contributed by atoms with Gasteiger partial charge in [-0.3, -0.25) is 9.59 Å². The minimum Gasteiger partial charge on any atom is -0.369 e. The second kappa shape index (κ2) is 6.87. The summed E-state index contributed by atoms with van der Waals surface area (Å²) in [5.41, 5.74) is 6.32. The number of nitrogens with one attached hydrogen (secondary N) is 2. The largest absolute Gasteiger partial charge is 0.369 e. The third kappa shape index (κ3) is 3.82. The van der Waals surface area contributed by atoms with Gasteiger partial charge in [-0.15, -0.1) is 0 Å². The summed E-state index contributed by atoms with van der Waals surface area (Å²) in [4.78, 5) is 24.6. The van der Waals surface area contributed by atoms with Gasteiger partial charge in [0.15, 0.2) is 6.04 Å². The smallest absolute Gasteiger partial charge is 0.282 e. The molecule has 6 heteroatoms. The van der Waals surface area contributed by atoms with Crippen molar-refractivity contribution in [3.8, 4) is 0 Å². The van der Waals surface area contributed by atoms with Crippen molar-refractivity contribution in [3.63, 3.8) is 0 Å². The summed E-state index contributed by atoms with van der Waals surface area (Å²) in [6, 6.07) is 4.41. The van der Waals surface area contributed by atoms with Crippen molar-refractivity contribution in [2.75, 3.05) is 18.4 Å². The molecule has 1 fully saturated rings. The number of primary amides is 1. The van der Waals surface area contributed by atoms with Gasteiger partial charge in [-0.05, 0) is 31.5 Å². The van der Waals surface area contributed by atoms with Crippen LogP contribution in [0.4, 0.5) is 10.1 Å². The molecule has 1 aliphatic rings. The number of halogens is 1. The topological polar surface area (TPSA) is 76.6 Å². The van der Waals surface area contributed by atoms with Crippen LogP contribution < -0.4 is 16.0 Å². The zero-order valence-corrected chi connectivity index (χ0v) is 13.0. The Morgan fingerprint density at radius 1 is 1.36 bits per heavy atom. The first-order valence-electron chi connectivity index (χ1n) is 7.59. The van der Waals surface area contributed by atoms with Gasteiger partial charge < -0.3 is 16.0 Å². The summed E-state index contributed by atoms with van der Waals surface area (Å²) in [6.07, 6.45) is 1.42. The molecular weight excluding hydrogens is 285 g/mol. The van der Waals surface area contributed by atoms with Crippen molar-refractivity contribution in [1.29, 1.82) is 0 Å². The van der Waals surface area contributed by atoms with E-state index in [-0.39, 0.29) is 29.6 Å². The van der Waals surface area contributed by atoms with Crippen LogP contribution in [0.3, 0.4) is 0 Å². The number of hydrogen-bond acceptors (Lipinski definition) is 2. The van der Waals surface area contributed by atoms with E-state index < -0.39 is 0 Å². The summed E-state index contributed by atoms with van der Waals surface area (Å²) in [7, 11) is 0. The molecule has 22 heavy (non-hydrogen) atoms. The summed E-state index contributed by atoms with van der Waals surface area (Å²) in [5, 5.41) is 2.75. The molecule has 1 aromatic rings. The Balaban J connectivity index is 1.92. The minimum absolute atomic E-state index is 0.0785. The van der Waals surface area contributed by atoms with E-state index in [4.69, 9.17) is 5.73 Å². The highest BCUT2D eigenvalue weighted by atomic mass is 19.1. The number of quaternary nitrogens is 1. The monoisotopic (exact) mass is 308 g/mol. The highest BCUT2D eigenvalue weighted by Gasteiger charge is 2.32. The first-order chi connectivity index (χ1) is 10.4. The SMILES string of the molecule is Cc1ccc(NC(=O)[C@@H](C)[NH+]2CCC(C(N)=O)CC2)cc1F. The van der Waals surface area contributed by atoms with Crippen molar-refractivity contribution < 1.29 is 18.9 Å². The van der Waals surface area contributed by atoms with Gasteiger partial charge in [-0.1, -0.05) is 6.07 Å². The van der Waals surface area contributed by atoms with E-state index in [0.717, 1.165) is 18.0 Å². The Morgan fingerprint density at radius 3 is 2.55 bits per heavy atom. The summed E-state index contributed by atoms with van der Waals surface area (Å²) in [5.74, 6) is -0.813. The predicted molar refractivity (Wildman–Crippen MR) is 81.8 cm³/mol. The zero-order chi connectivity index (χ0) is 16.3. The van der Waals surface area contributed by atoms with Crippen LogP contribution in [0, 0.1) is 18.7 Å². The van der Waals surface area contributed by atoms with Crippen LogP contribution in [0.25, 0.3) is 0 Å². The molecule has 0 unspecified atom stereocenters. The van der Waals surface area contributed by atoms with Gasteiger partial charge in [0.2, 0.25) is 5.91 Å². The standard InChI is InChI=1S/C16H22FN3O2/c1-10-3-4-13(9-14(10)17)19-16(22)11(2)20-7-5-12(6-8-20)15(18)21/h3-4,9,11-12H,5-8H2,1-2H3,(H2,18,21)(H,19,22)/p+1/t11-/m1/s1. The van der Waals surface area contributed by atoms with Crippen LogP contribution in [-0.4, -0.2) is 30.9 Å². The number of nitrogens with two attached hydrogens (primary N) is 1. The first kappa shape index (κ1) is 16.4. The molecule has 0 saturated carbocycles. The van der Waals surface area contributed by atoms with Gasteiger partial charge in [0.25, 0.3) is 5.91 Å². The molecule has 1 aliphatic heterocycles. The average Bonchev–Trinajstić information content (AvgIpc) is 2.50. The second-order valence-corrected chi connectivity index (χ2v) is 6.01. The lowest BCUT2D eigenvalue weighted by atomic mass is 9.95. The van der Waals surface area contributed by atoms with E-state index in [1.54, 1.807) is 19.1 Å². The molecule has 120 valence electrons. The number of hydrogen-bond donors (Lipinski definition) is 3. The van der Waals surface area contributed by atoms with Crippen LogP contribution in [0.1, 0.15) is 25.3 Å². The lowest BCUT2D eigenvalue weighted by Gasteiger charge is -2.31. The van der Waals surface area contributed by atoms with Crippen molar-refractivity contribution in [2.24, 2.45) is 11.7 Å². The van der Waals surface area contributed by atoms with E-state index in [0.29, 0.717) is 24.1 Å². The molecule has 0 spiro atoms. The molecule has 5 nitrogen and oxygen atoms in total.